The van der Waals surface area contributed by atoms with Crippen molar-refractivity contribution in [3.8, 4) is 5.75 Å². The summed E-state index contributed by atoms with van der Waals surface area (Å²) in [6, 6.07) is 10.0. The average molecular weight is 476 g/mol. The Balaban J connectivity index is 2.01. The maximum atomic E-state index is 13.8. The van der Waals surface area contributed by atoms with E-state index in [0.717, 1.165) is 10.0 Å². The maximum absolute atomic E-state index is 13.8. The second kappa shape index (κ2) is 11.3. The zero-order chi connectivity index (χ0) is 22.1. The van der Waals surface area contributed by atoms with Gasteiger partial charge in [-0.3, -0.25) is 9.59 Å². The van der Waals surface area contributed by atoms with E-state index in [2.05, 4.69) is 38.4 Å². The molecule has 0 spiro atoms. The molecule has 0 radical (unpaired) electrons. The van der Waals surface area contributed by atoms with E-state index in [1.54, 1.807) is 44.2 Å². The minimum absolute atomic E-state index is 0.122. The number of ether oxygens (including phenoxy) is 1. The number of hydrazone groups is 1. The Hall–Kier alpha value is -3.00. The van der Waals surface area contributed by atoms with Gasteiger partial charge in [0.25, 0.3) is 11.8 Å². The Labute approximate surface area is 183 Å². The fourth-order valence-electron chi connectivity index (χ4n) is 2.50. The van der Waals surface area contributed by atoms with Crippen LogP contribution in [0, 0.1) is 11.7 Å². The Bertz CT molecular complexity index is 947. The van der Waals surface area contributed by atoms with Gasteiger partial charge in [0.2, 0.25) is 0 Å². The van der Waals surface area contributed by atoms with E-state index in [9.17, 15) is 14.0 Å². The second-order valence-electron chi connectivity index (χ2n) is 6.70. The zero-order valence-electron chi connectivity index (χ0n) is 16.7. The number of nitrogens with zero attached hydrogens (tertiary/aromatic N) is 1. The molecule has 2 aromatic rings. The highest BCUT2D eigenvalue weighted by Gasteiger charge is 2.25. The molecule has 0 bridgehead atoms. The van der Waals surface area contributed by atoms with Crippen LogP contribution in [0.2, 0.25) is 0 Å². The third-order valence-electron chi connectivity index (χ3n) is 4.06. The van der Waals surface area contributed by atoms with Crippen molar-refractivity contribution in [2.45, 2.75) is 19.9 Å². The van der Waals surface area contributed by atoms with Crippen molar-refractivity contribution < 1.29 is 18.7 Å². The van der Waals surface area contributed by atoms with Crippen molar-refractivity contribution in [2.24, 2.45) is 11.0 Å². The van der Waals surface area contributed by atoms with E-state index in [0.29, 0.717) is 12.4 Å². The Morgan fingerprint density at radius 2 is 2.00 bits per heavy atom. The summed E-state index contributed by atoms with van der Waals surface area (Å²) < 4.78 is 20.0. The van der Waals surface area contributed by atoms with Crippen molar-refractivity contribution >= 4 is 34.0 Å². The molecule has 0 aromatic heterocycles. The van der Waals surface area contributed by atoms with Gasteiger partial charge in [0.1, 0.15) is 24.2 Å². The fourth-order valence-corrected chi connectivity index (χ4v) is 3.01. The molecule has 0 saturated heterocycles. The van der Waals surface area contributed by atoms with Crippen LogP contribution in [0.5, 0.6) is 5.75 Å². The van der Waals surface area contributed by atoms with Gasteiger partial charge < -0.3 is 10.1 Å². The van der Waals surface area contributed by atoms with Crippen LogP contribution in [0.4, 0.5) is 4.39 Å². The minimum Gasteiger partial charge on any atom is -0.488 e. The predicted octanol–water partition coefficient (Wildman–Crippen LogP) is 4.06. The average Bonchev–Trinajstić information content (AvgIpc) is 2.71. The molecule has 2 amide bonds. The number of benzene rings is 2. The van der Waals surface area contributed by atoms with Crippen molar-refractivity contribution in [2.75, 3.05) is 6.61 Å². The minimum atomic E-state index is -0.879. The molecule has 2 N–H and O–H groups in total. The van der Waals surface area contributed by atoms with Crippen molar-refractivity contribution in [3.63, 3.8) is 0 Å². The molecule has 0 aliphatic heterocycles. The lowest BCUT2D eigenvalue weighted by atomic mass is 10.0. The third kappa shape index (κ3) is 6.52. The van der Waals surface area contributed by atoms with Crippen molar-refractivity contribution in [3.05, 3.63) is 76.5 Å². The standard InChI is InChI=1S/C22H23BrFN3O3/c1-4-11-30-19-10-9-15(12-17(19)23)13-25-27-22(29)20(14(2)3)26-21(28)16-7-5-6-8-18(16)24/h4-10,12-14,20H,1,11H2,2-3H3,(H,26,28)(H,27,29)/b25-13+. The zero-order valence-corrected chi connectivity index (χ0v) is 18.3. The molecule has 30 heavy (non-hydrogen) atoms. The molecule has 0 heterocycles. The van der Waals surface area contributed by atoms with E-state index in [-0.39, 0.29) is 11.5 Å². The van der Waals surface area contributed by atoms with Crippen LogP contribution in [-0.4, -0.2) is 30.7 Å². The van der Waals surface area contributed by atoms with E-state index in [1.807, 2.05) is 0 Å². The second-order valence-corrected chi connectivity index (χ2v) is 7.55. The number of carbonyl (C=O) groups is 2. The van der Waals surface area contributed by atoms with Gasteiger partial charge in [-0.25, -0.2) is 9.82 Å². The molecule has 2 aromatic carbocycles. The summed E-state index contributed by atoms with van der Waals surface area (Å²) in [5.74, 6) is -1.39. The van der Waals surface area contributed by atoms with Crippen LogP contribution in [0.1, 0.15) is 29.8 Å². The van der Waals surface area contributed by atoms with Crippen LogP contribution < -0.4 is 15.5 Å². The van der Waals surface area contributed by atoms with Gasteiger partial charge in [-0.2, -0.15) is 5.10 Å². The van der Waals surface area contributed by atoms with Gasteiger partial charge in [0.15, 0.2) is 0 Å². The summed E-state index contributed by atoms with van der Waals surface area (Å²) in [6.45, 7) is 7.53. The monoisotopic (exact) mass is 475 g/mol. The molecule has 2 rings (SSSR count). The molecule has 0 fully saturated rings. The largest absolute Gasteiger partial charge is 0.488 e. The number of carbonyl (C=O) groups excluding carboxylic acids is 2. The number of hydrogen-bond donors (Lipinski definition) is 2. The molecule has 158 valence electrons. The quantitative estimate of drug-likeness (QED) is 0.326. The van der Waals surface area contributed by atoms with Crippen LogP contribution in [0.25, 0.3) is 0 Å². The topological polar surface area (TPSA) is 79.8 Å². The lowest BCUT2D eigenvalue weighted by molar-refractivity contribution is -0.123. The van der Waals surface area contributed by atoms with Crippen LogP contribution >= 0.6 is 15.9 Å². The SMILES string of the molecule is C=CCOc1ccc(/C=N/NC(=O)C(NC(=O)c2ccccc2F)C(C)C)cc1Br. The first kappa shape index (κ1) is 23.3. The molecule has 6 nitrogen and oxygen atoms in total. The molecule has 0 aliphatic carbocycles. The number of amides is 2. The first-order valence-corrected chi connectivity index (χ1v) is 10.0. The molecule has 1 unspecified atom stereocenters. The van der Waals surface area contributed by atoms with Gasteiger partial charge in [0.05, 0.1) is 16.3 Å². The van der Waals surface area contributed by atoms with Gasteiger partial charge in [-0.1, -0.05) is 38.6 Å². The Morgan fingerprint density at radius 1 is 1.27 bits per heavy atom. The normalized spacial score (nSPS) is 11.9. The summed E-state index contributed by atoms with van der Waals surface area (Å²) in [5.41, 5.74) is 3.02. The molecular weight excluding hydrogens is 453 g/mol. The van der Waals surface area contributed by atoms with Crippen LogP contribution in [-0.2, 0) is 4.79 Å². The summed E-state index contributed by atoms with van der Waals surface area (Å²) in [4.78, 5) is 24.8. The number of nitrogens with one attached hydrogen (secondary N) is 2. The van der Waals surface area contributed by atoms with E-state index in [4.69, 9.17) is 4.74 Å². The molecule has 0 saturated carbocycles. The van der Waals surface area contributed by atoms with E-state index < -0.39 is 23.7 Å². The number of rotatable bonds is 9. The molecule has 1 atom stereocenters. The first-order valence-electron chi connectivity index (χ1n) is 9.25. The smallest absolute Gasteiger partial charge is 0.262 e. The fraction of sp³-hybridized carbons (Fsp3) is 0.227. The number of halogens is 2. The van der Waals surface area contributed by atoms with Crippen LogP contribution in [0.15, 0.2) is 64.7 Å². The van der Waals surface area contributed by atoms with Gasteiger partial charge in [-0.05, 0) is 57.7 Å². The third-order valence-corrected chi connectivity index (χ3v) is 4.67. The van der Waals surface area contributed by atoms with Gasteiger partial charge >= 0.3 is 0 Å². The van der Waals surface area contributed by atoms with E-state index in [1.165, 1.54) is 24.4 Å². The highest BCUT2D eigenvalue weighted by atomic mass is 79.9. The lowest BCUT2D eigenvalue weighted by Crippen LogP contribution is -2.48. The van der Waals surface area contributed by atoms with Crippen molar-refractivity contribution in [1.82, 2.24) is 10.7 Å². The highest BCUT2D eigenvalue weighted by molar-refractivity contribution is 9.10. The molecular formula is C22H23BrFN3O3. The summed E-state index contributed by atoms with van der Waals surface area (Å²) in [5, 5.41) is 6.51. The Kier molecular flexibility index (Phi) is 8.73. The van der Waals surface area contributed by atoms with Crippen LogP contribution in [0.3, 0.4) is 0 Å². The summed E-state index contributed by atoms with van der Waals surface area (Å²) in [6.07, 6.45) is 3.11. The van der Waals surface area contributed by atoms with E-state index >= 15 is 0 Å². The first-order chi connectivity index (χ1) is 14.3. The molecule has 0 aliphatic rings. The summed E-state index contributed by atoms with van der Waals surface area (Å²) >= 11 is 3.41. The Morgan fingerprint density at radius 3 is 2.63 bits per heavy atom. The molecule has 8 heteroatoms. The van der Waals surface area contributed by atoms with Crippen molar-refractivity contribution in [1.29, 1.82) is 0 Å². The maximum Gasteiger partial charge on any atom is 0.262 e. The highest BCUT2D eigenvalue weighted by Crippen LogP contribution is 2.25. The number of hydrogen-bond acceptors (Lipinski definition) is 4. The van der Waals surface area contributed by atoms with Gasteiger partial charge in [0, 0.05) is 0 Å². The predicted molar refractivity (Wildman–Crippen MR) is 118 cm³/mol. The van der Waals surface area contributed by atoms with Gasteiger partial charge in [-0.15, -0.1) is 0 Å². The lowest BCUT2D eigenvalue weighted by Gasteiger charge is -2.20. The summed E-state index contributed by atoms with van der Waals surface area (Å²) in [7, 11) is 0.